The number of carbonyl (C=O) groups excluding carboxylic acids is 2. The average molecular weight is 469 g/mol. The second-order valence-corrected chi connectivity index (χ2v) is 8.13. The number of fused-ring (bicyclic) bond motifs is 2. The summed E-state index contributed by atoms with van der Waals surface area (Å²) < 4.78 is 15.8. The van der Waals surface area contributed by atoms with Crippen LogP contribution in [0.2, 0.25) is 0 Å². The Morgan fingerprint density at radius 2 is 1.79 bits per heavy atom. The molecule has 0 unspecified atom stereocenters. The van der Waals surface area contributed by atoms with Crippen molar-refractivity contribution in [2.75, 3.05) is 39.7 Å². The third kappa shape index (κ3) is 4.91. The van der Waals surface area contributed by atoms with Crippen LogP contribution in [0.4, 0.5) is 5.69 Å². The molecule has 180 valence electrons. The molecule has 4 rings (SSSR count). The molecule has 1 aromatic heterocycles. The third-order valence-corrected chi connectivity index (χ3v) is 6.13. The molecule has 34 heavy (non-hydrogen) atoms. The third-order valence-electron chi connectivity index (χ3n) is 6.13. The highest BCUT2D eigenvalue weighted by Gasteiger charge is 2.31. The van der Waals surface area contributed by atoms with Gasteiger partial charge in [-0.15, -0.1) is 0 Å². The number of hydrogen-bond acceptors (Lipinski definition) is 7. The highest BCUT2D eigenvalue weighted by Crippen LogP contribution is 2.39. The maximum absolute atomic E-state index is 12.7. The molecule has 1 amide bonds. The van der Waals surface area contributed by atoms with Crippen LogP contribution in [-0.2, 0) is 20.7 Å². The van der Waals surface area contributed by atoms with Crippen molar-refractivity contribution in [2.24, 2.45) is 0 Å². The molecule has 2 aromatic carbocycles. The van der Waals surface area contributed by atoms with Crippen molar-refractivity contribution in [2.45, 2.75) is 25.3 Å². The fraction of sp³-hybridized carbons (Fsp3) is 0.375. The average Bonchev–Trinajstić information content (AvgIpc) is 3.21. The number of aromatic nitrogens is 2. The van der Waals surface area contributed by atoms with E-state index in [0.29, 0.717) is 41.3 Å². The van der Waals surface area contributed by atoms with Crippen LogP contribution in [0.5, 0.6) is 11.5 Å². The Balaban J connectivity index is 1.48. The summed E-state index contributed by atoms with van der Waals surface area (Å²) in [7, 11) is 4.54. The quantitative estimate of drug-likeness (QED) is 0.433. The van der Waals surface area contributed by atoms with E-state index in [4.69, 9.17) is 14.2 Å². The lowest BCUT2D eigenvalue weighted by Crippen LogP contribution is -2.38. The molecule has 2 heterocycles. The molecular formula is C24H28N4O6. The van der Waals surface area contributed by atoms with E-state index >= 15 is 0 Å². The van der Waals surface area contributed by atoms with Gasteiger partial charge in [0.15, 0.2) is 11.5 Å². The zero-order valence-electron chi connectivity index (χ0n) is 19.4. The van der Waals surface area contributed by atoms with Gasteiger partial charge >= 0.3 is 11.7 Å². The number of imidazole rings is 1. The van der Waals surface area contributed by atoms with Gasteiger partial charge in [0, 0.05) is 31.2 Å². The summed E-state index contributed by atoms with van der Waals surface area (Å²) in [6, 6.07) is 8.79. The van der Waals surface area contributed by atoms with Gasteiger partial charge in [-0.3, -0.25) is 14.5 Å². The predicted octanol–water partition coefficient (Wildman–Crippen LogP) is 2.36. The van der Waals surface area contributed by atoms with E-state index in [-0.39, 0.29) is 36.4 Å². The molecule has 10 heteroatoms. The van der Waals surface area contributed by atoms with Crippen molar-refractivity contribution in [3.05, 3.63) is 51.9 Å². The maximum atomic E-state index is 12.7. The highest BCUT2D eigenvalue weighted by molar-refractivity contribution is 5.93. The van der Waals surface area contributed by atoms with Crippen LogP contribution >= 0.6 is 0 Å². The first kappa shape index (κ1) is 23.4. The van der Waals surface area contributed by atoms with Gasteiger partial charge < -0.3 is 29.5 Å². The number of aromatic amines is 2. The van der Waals surface area contributed by atoms with Crippen LogP contribution < -0.4 is 20.5 Å². The normalized spacial score (nSPS) is 15.6. The molecule has 0 fully saturated rings. The number of ether oxygens (including phenoxy) is 3. The zero-order chi connectivity index (χ0) is 24.2. The number of nitrogens with zero attached hydrogens (tertiary/aromatic N) is 1. The number of nitrogens with one attached hydrogen (secondary N) is 3. The molecule has 1 aliphatic heterocycles. The minimum absolute atomic E-state index is 0.160. The lowest BCUT2D eigenvalue weighted by molar-refractivity contribution is -0.142. The van der Waals surface area contributed by atoms with Crippen LogP contribution in [0.15, 0.2) is 35.1 Å². The van der Waals surface area contributed by atoms with Gasteiger partial charge in [0.25, 0.3) is 0 Å². The Labute approximate surface area is 196 Å². The summed E-state index contributed by atoms with van der Waals surface area (Å²) in [6.45, 7) is 1.15. The molecule has 1 atom stereocenters. The van der Waals surface area contributed by atoms with E-state index in [2.05, 4.69) is 20.2 Å². The monoisotopic (exact) mass is 468 g/mol. The first-order valence-electron chi connectivity index (χ1n) is 11.0. The van der Waals surface area contributed by atoms with Crippen molar-refractivity contribution in [3.8, 4) is 11.5 Å². The Morgan fingerprint density at radius 1 is 1.06 bits per heavy atom. The van der Waals surface area contributed by atoms with Crippen molar-refractivity contribution in [1.82, 2.24) is 14.9 Å². The van der Waals surface area contributed by atoms with Gasteiger partial charge in [-0.1, -0.05) is 0 Å². The van der Waals surface area contributed by atoms with E-state index in [1.165, 1.54) is 7.11 Å². The lowest BCUT2D eigenvalue weighted by Gasteiger charge is -2.37. The van der Waals surface area contributed by atoms with Crippen molar-refractivity contribution in [1.29, 1.82) is 0 Å². The molecule has 0 aliphatic carbocycles. The first-order chi connectivity index (χ1) is 16.4. The number of anilines is 1. The van der Waals surface area contributed by atoms with Crippen LogP contribution in [0.25, 0.3) is 11.0 Å². The minimum atomic E-state index is -0.323. The fourth-order valence-electron chi connectivity index (χ4n) is 4.41. The molecule has 0 radical (unpaired) electrons. The molecular weight excluding hydrogens is 440 g/mol. The Bertz CT molecular complexity index is 1260. The summed E-state index contributed by atoms with van der Waals surface area (Å²) >= 11 is 0. The summed E-state index contributed by atoms with van der Waals surface area (Å²) in [5, 5.41) is 2.87. The van der Waals surface area contributed by atoms with E-state index < -0.39 is 0 Å². The van der Waals surface area contributed by atoms with E-state index in [1.807, 2.05) is 12.1 Å². The Kier molecular flexibility index (Phi) is 6.87. The standard InChI is InChI=1S/C24H28N4O6/c1-32-20-10-14-6-8-28(19(13-23(30)34-3)16(14)12-21(20)33-2)9-7-22(29)25-15-4-5-17-18(11-15)27-24(31)26-17/h4-5,10-12,19H,6-9,13H2,1-3H3,(H,25,29)(H2,26,27,31)/t19-/m0/s1. The number of benzene rings is 2. The number of carbonyl (C=O) groups is 2. The van der Waals surface area contributed by atoms with E-state index in [9.17, 15) is 14.4 Å². The van der Waals surface area contributed by atoms with E-state index in [1.54, 1.807) is 32.4 Å². The number of esters is 1. The number of rotatable bonds is 8. The van der Waals surface area contributed by atoms with Gasteiger partial charge in [-0.25, -0.2) is 4.79 Å². The molecule has 0 saturated carbocycles. The number of amides is 1. The van der Waals surface area contributed by atoms with Gasteiger partial charge in [-0.2, -0.15) is 0 Å². The van der Waals surface area contributed by atoms with Gasteiger partial charge in [0.05, 0.1) is 38.8 Å². The van der Waals surface area contributed by atoms with Crippen LogP contribution in [-0.4, -0.2) is 61.2 Å². The summed E-state index contributed by atoms with van der Waals surface area (Å²) in [6.07, 6.45) is 1.16. The van der Waals surface area contributed by atoms with Gasteiger partial charge in [0.1, 0.15) is 0 Å². The second kappa shape index (κ2) is 10.0. The summed E-state index contributed by atoms with van der Waals surface area (Å²) in [5.74, 6) is 0.753. The SMILES string of the molecule is COC(=O)C[C@H]1c2cc(OC)c(OC)cc2CCN1CCC(=O)Nc1ccc2[nH]c(=O)[nH]c2c1. The minimum Gasteiger partial charge on any atom is -0.493 e. The fourth-order valence-corrected chi connectivity index (χ4v) is 4.41. The topological polar surface area (TPSA) is 126 Å². The summed E-state index contributed by atoms with van der Waals surface area (Å²) in [5.41, 5.74) is 3.65. The molecule has 3 N–H and O–H groups in total. The van der Waals surface area contributed by atoms with Gasteiger partial charge in [-0.05, 0) is 47.9 Å². The summed E-state index contributed by atoms with van der Waals surface area (Å²) in [4.78, 5) is 43.8. The largest absolute Gasteiger partial charge is 0.493 e. The predicted molar refractivity (Wildman–Crippen MR) is 126 cm³/mol. The number of hydrogen-bond donors (Lipinski definition) is 3. The molecule has 0 spiro atoms. The van der Waals surface area contributed by atoms with Gasteiger partial charge in [0.2, 0.25) is 5.91 Å². The molecule has 0 bridgehead atoms. The molecule has 1 aliphatic rings. The Morgan fingerprint density at radius 3 is 2.53 bits per heavy atom. The zero-order valence-corrected chi connectivity index (χ0v) is 19.4. The highest BCUT2D eigenvalue weighted by atomic mass is 16.5. The molecule has 3 aromatic rings. The van der Waals surface area contributed by atoms with Crippen LogP contribution in [0.3, 0.4) is 0 Å². The van der Waals surface area contributed by atoms with Crippen LogP contribution in [0.1, 0.15) is 30.0 Å². The number of H-pyrrole nitrogens is 2. The van der Waals surface area contributed by atoms with Crippen molar-refractivity contribution in [3.63, 3.8) is 0 Å². The smallest absolute Gasteiger partial charge is 0.323 e. The first-order valence-corrected chi connectivity index (χ1v) is 11.0. The maximum Gasteiger partial charge on any atom is 0.323 e. The van der Waals surface area contributed by atoms with E-state index in [0.717, 1.165) is 17.5 Å². The van der Waals surface area contributed by atoms with Crippen LogP contribution in [0, 0.1) is 0 Å². The van der Waals surface area contributed by atoms with Crippen molar-refractivity contribution >= 4 is 28.6 Å². The number of methoxy groups -OCH3 is 3. The molecule has 0 saturated heterocycles. The molecule has 10 nitrogen and oxygen atoms in total. The van der Waals surface area contributed by atoms with Crippen molar-refractivity contribution < 1.29 is 23.8 Å². The lowest BCUT2D eigenvalue weighted by atomic mass is 9.90. The Hall–Kier alpha value is -3.79. The second-order valence-electron chi connectivity index (χ2n) is 8.13.